The van der Waals surface area contributed by atoms with Crippen LogP contribution in [0.3, 0.4) is 0 Å². The number of carbonyl (C=O) groups excluding carboxylic acids is 2. The quantitative estimate of drug-likeness (QED) is 0.742. The molecule has 2 atom stereocenters. The summed E-state index contributed by atoms with van der Waals surface area (Å²) in [5.74, 6) is 2.12. The first-order chi connectivity index (χ1) is 11.7. The van der Waals surface area contributed by atoms with Gasteiger partial charge in [0.1, 0.15) is 5.82 Å². The van der Waals surface area contributed by atoms with Gasteiger partial charge in [-0.2, -0.15) is 0 Å². The first-order valence-electron chi connectivity index (χ1n) is 8.99. The largest absolute Gasteiger partial charge is 0.370 e. The van der Waals surface area contributed by atoms with E-state index in [4.69, 9.17) is 0 Å². The normalized spacial score (nSPS) is 26.6. The van der Waals surface area contributed by atoms with Gasteiger partial charge in [-0.25, -0.2) is 4.98 Å². The summed E-state index contributed by atoms with van der Waals surface area (Å²) in [7, 11) is 0. The molecular formula is C18H24N4O2. The smallest absolute Gasteiger partial charge is 0.253 e. The Hall–Kier alpha value is -2.11. The number of carbonyl (C=O) groups is 2. The molecule has 3 fully saturated rings. The van der Waals surface area contributed by atoms with Crippen molar-refractivity contribution in [3.63, 3.8) is 0 Å². The maximum atomic E-state index is 12.5. The van der Waals surface area contributed by atoms with Gasteiger partial charge in [-0.3, -0.25) is 9.59 Å². The lowest BCUT2D eigenvalue weighted by atomic mass is 9.94. The van der Waals surface area contributed by atoms with Crippen LogP contribution < -0.4 is 16.0 Å². The van der Waals surface area contributed by atoms with Crippen molar-refractivity contribution < 1.29 is 9.59 Å². The number of aromatic nitrogens is 1. The Labute approximate surface area is 141 Å². The maximum Gasteiger partial charge on any atom is 0.253 e. The highest BCUT2D eigenvalue weighted by molar-refractivity contribution is 5.94. The highest BCUT2D eigenvalue weighted by Crippen LogP contribution is 2.36. The lowest BCUT2D eigenvalue weighted by Gasteiger charge is -2.33. The van der Waals surface area contributed by atoms with Crippen LogP contribution in [0.5, 0.6) is 0 Å². The Morgan fingerprint density at radius 1 is 1.21 bits per heavy atom. The van der Waals surface area contributed by atoms with E-state index in [0.717, 1.165) is 31.1 Å². The Kier molecular flexibility index (Phi) is 4.12. The van der Waals surface area contributed by atoms with Crippen LogP contribution in [-0.2, 0) is 4.79 Å². The molecule has 24 heavy (non-hydrogen) atoms. The van der Waals surface area contributed by atoms with Gasteiger partial charge in [-0.05, 0) is 56.1 Å². The lowest BCUT2D eigenvalue weighted by molar-refractivity contribution is -0.124. The van der Waals surface area contributed by atoms with Gasteiger partial charge in [-0.1, -0.05) is 0 Å². The topological polar surface area (TPSA) is 83.1 Å². The number of anilines is 1. The summed E-state index contributed by atoms with van der Waals surface area (Å²) >= 11 is 0. The number of amides is 2. The summed E-state index contributed by atoms with van der Waals surface area (Å²) in [5.41, 5.74) is 0.568. The van der Waals surface area contributed by atoms with Crippen LogP contribution in [0.1, 0.15) is 48.9 Å². The average Bonchev–Trinajstić information content (AvgIpc) is 3.48. The molecule has 3 aliphatic rings. The van der Waals surface area contributed by atoms with Crippen LogP contribution >= 0.6 is 0 Å². The zero-order valence-electron chi connectivity index (χ0n) is 13.8. The fraction of sp³-hybridized carbons (Fsp3) is 0.611. The third kappa shape index (κ3) is 3.68. The van der Waals surface area contributed by atoms with E-state index in [-0.39, 0.29) is 23.9 Å². The molecular weight excluding hydrogens is 304 g/mol. The van der Waals surface area contributed by atoms with Gasteiger partial charge in [0.05, 0.1) is 17.6 Å². The van der Waals surface area contributed by atoms with Crippen molar-refractivity contribution in [2.45, 2.75) is 50.6 Å². The van der Waals surface area contributed by atoms with Gasteiger partial charge < -0.3 is 16.0 Å². The molecule has 1 aromatic rings. The summed E-state index contributed by atoms with van der Waals surface area (Å²) in [6, 6.07) is 3.78. The fourth-order valence-electron chi connectivity index (χ4n) is 3.34. The summed E-state index contributed by atoms with van der Waals surface area (Å²) in [6.45, 7) is 0.962. The maximum absolute atomic E-state index is 12.5. The highest BCUT2D eigenvalue weighted by Gasteiger charge is 2.40. The predicted octanol–water partition coefficient (Wildman–Crippen LogP) is 1.69. The zero-order valence-corrected chi connectivity index (χ0v) is 13.8. The first kappa shape index (κ1) is 15.4. The molecule has 0 aromatic carbocycles. The molecule has 4 rings (SSSR count). The minimum Gasteiger partial charge on any atom is -0.370 e. The third-order valence-corrected chi connectivity index (χ3v) is 5.18. The van der Waals surface area contributed by atoms with Crippen LogP contribution in [0, 0.1) is 11.8 Å². The van der Waals surface area contributed by atoms with Crippen molar-refractivity contribution in [2.24, 2.45) is 11.8 Å². The van der Waals surface area contributed by atoms with Gasteiger partial charge in [0, 0.05) is 19.2 Å². The van der Waals surface area contributed by atoms with Crippen LogP contribution in [0.15, 0.2) is 18.3 Å². The second kappa shape index (κ2) is 6.42. The van der Waals surface area contributed by atoms with Gasteiger partial charge in [0.15, 0.2) is 0 Å². The average molecular weight is 328 g/mol. The number of nitrogens with one attached hydrogen (secondary N) is 3. The van der Waals surface area contributed by atoms with E-state index in [1.165, 1.54) is 12.8 Å². The molecule has 0 bridgehead atoms. The summed E-state index contributed by atoms with van der Waals surface area (Å²) in [6.07, 6.45) is 7.70. The molecule has 2 unspecified atom stereocenters. The molecule has 0 spiro atoms. The van der Waals surface area contributed by atoms with Crippen molar-refractivity contribution >= 4 is 17.6 Å². The molecule has 0 radical (unpaired) electrons. The van der Waals surface area contributed by atoms with Crippen molar-refractivity contribution in [2.75, 3.05) is 11.9 Å². The van der Waals surface area contributed by atoms with Gasteiger partial charge in [0.25, 0.3) is 5.91 Å². The number of rotatable bonds is 6. The van der Waals surface area contributed by atoms with E-state index >= 15 is 0 Å². The molecule has 6 nitrogen and oxygen atoms in total. The Morgan fingerprint density at radius 2 is 2.04 bits per heavy atom. The van der Waals surface area contributed by atoms with Crippen LogP contribution in [0.2, 0.25) is 0 Å². The predicted molar refractivity (Wildman–Crippen MR) is 90.6 cm³/mol. The number of pyridine rings is 1. The minimum atomic E-state index is -0.108. The zero-order chi connectivity index (χ0) is 16.5. The molecule has 2 saturated carbocycles. The summed E-state index contributed by atoms with van der Waals surface area (Å²) < 4.78 is 0. The molecule has 2 aliphatic carbocycles. The minimum absolute atomic E-state index is 0.0235. The second-order valence-electron chi connectivity index (χ2n) is 7.31. The highest BCUT2D eigenvalue weighted by atomic mass is 16.2. The fourth-order valence-corrected chi connectivity index (χ4v) is 3.34. The van der Waals surface area contributed by atoms with Gasteiger partial charge in [0.2, 0.25) is 5.91 Å². The van der Waals surface area contributed by atoms with E-state index in [0.29, 0.717) is 24.3 Å². The SMILES string of the molecule is O=C1CCC(NC(=O)c2ccc(NCC3CC3)nc2)C(C2CC2)N1. The van der Waals surface area contributed by atoms with E-state index in [9.17, 15) is 9.59 Å². The number of piperidine rings is 1. The standard InChI is InChI=1S/C18H24N4O2/c23-16-8-6-14(17(22-16)12-3-4-12)21-18(24)13-5-7-15(20-10-13)19-9-11-1-2-11/h5,7,10-12,14,17H,1-4,6,8-9H2,(H,19,20)(H,21,24)(H,22,23). The molecule has 2 heterocycles. The molecule has 2 amide bonds. The number of hydrogen-bond acceptors (Lipinski definition) is 4. The van der Waals surface area contributed by atoms with E-state index < -0.39 is 0 Å². The van der Waals surface area contributed by atoms with Gasteiger partial charge >= 0.3 is 0 Å². The number of hydrogen-bond donors (Lipinski definition) is 3. The molecule has 6 heteroatoms. The van der Waals surface area contributed by atoms with E-state index in [2.05, 4.69) is 20.9 Å². The number of nitrogens with zero attached hydrogens (tertiary/aromatic N) is 1. The molecule has 128 valence electrons. The Balaban J connectivity index is 1.35. The lowest BCUT2D eigenvalue weighted by Crippen LogP contribution is -2.56. The van der Waals surface area contributed by atoms with Crippen LogP contribution in [0.25, 0.3) is 0 Å². The monoisotopic (exact) mass is 328 g/mol. The molecule has 1 aromatic heterocycles. The Bertz CT molecular complexity index is 622. The Morgan fingerprint density at radius 3 is 2.71 bits per heavy atom. The van der Waals surface area contributed by atoms with Crippen molar-refractivity contribution in [1.82, 2.24) is 15.6 Å². The van der Waals surface area contributed by atoms with Crippen LogP contribution in [-0.4, -0.2) is 35.4 Å². The van der Waals surface area contributed by atoms with E-state index in [1.54, 1.807) is 6.20 Å². The van der Waals surface area contributed by atoms with E-state index in [1.807, 2.05) is 12.1 Å². The molecule has 1 saturated heterocycles. The van der Waals surface area contributed by atoms with Gasteiger partial charge in [-0.15, -0.1) is 0 Å². The first-order valence-corrected chi connectivity index (χ1v) is 8.99. The van der Waals surface area contributed by atoms with Crippen molar-refractivity contribution in [1.29, 1.82) is 0 Å². The third-order valence-electron chi connectivity index (χ3n) is 5.18. The summed E-state index contributed by atoms with van der Waals surface area (Å²) in [5, 5.41) is 9.44. The van der Waals surface area contributed by atoms with Crippen molar-refractivity contribution in [3.05, 3.63) is 23.9 Å². The van der Waals surface area contributed by atoms with Crippen LogP contribution in [0.4, 0.5) is 5.82 Å². The molecule has 3 N–H and O–H groups in total. The second-order valence-corrected chi connectivity index (χ2v) is 7.31. The summed E-state index contributed by atoms with van der Waals surface area (Å²) in [4.78, 5) is 28.4. The molecule has 1 aliphatic heterocycles. The van der Waals surface area contributed by atoms with Crippen molar-refractivity contribution in [3.8, 4) is 0 Å².